The predicted molar refractivity (Wildman–Crippen MR) is 76.8 cm³/mol. The third kappa shape index (κ3) is 4.40. The Hall–Kier alpha value is -1.26. The minimum atomic E-state index is -0.277. The summed E-state index contributed by atoms with van der Waals surface area (Å²) in [4.78, 5) is 10.9. The van der Waals surface area contributed by atoms with E-state index in [9.17, 15) is 4.79 Å². The van der Waals surface area contributed by atoms with Crippen molar-refractivity contribution in [3.8, 4) is 0 Å². The lowest BCUT2D eigenvalue weighted by molar-refractivity contribution is -0.151. The van der Waals surface area contributed by atoms with Gasteiger partial charge >= 0.3 is 5.97 Å². The standard InChI is InChI=1S/C15H18O3S/c1-11-14(18-12(2)16)8-9-15(17-11)19-10-13-6-4-3-5-7-13/h3-9,11,14-15H,10H2,1-2H3/t11-,14+,15+/m0/s1. The van der Waals surface area contributed by atoms with Crippen LogP contribution in [0, 0.1) is 0 Å². The van der Waals surface area contributed by atoms with Gasteiger partial charge in [-0.15, -0.1) is 11.8 Å². The van der Waals surface area contributed by atoms with Crippen molar-refractivity contribution in [3.05, 3.63) is 48.0 Å². The van der Waals surface area contributed by atoms with Crippen molar-refractivity contribution in [2.45, 2.75) is 37.2 Å². The molecule has 1 aliphatic rings. The van der Waals surface area contributed by atoms with Crippen molar-refractivity contribution in [3.63, 3.8) is 0 Å². The van der Waals surface area contributed by atoms with E-state index in [1.165, 1.54) is 12.5 Å². The summed E-state index contributed by atoms with van der Waals surface area (Å²) in [6, 6.07) is 10.3. The van der Waals surface area contributed by atoms with Crippen molar-refractivity contribution < 1.29 is 14.3 Å². The van der Waals surface area contributed by atoms with Crippen LogP contribution in [0.2, 0.25) is 0 Å². The maximum atomic E-state index is 10.9. The fourth-order valence-electron chi connectivity index (χ4n) is 1.87. The van der Waals surface area contributed by atoms with Crippen molar-refractivity contribution in [2.24, 2.45) is 0 Å². The molecule has 2 rings (SSSR count). The molecule has 0 aliphatic carbocycles. The smallest absolute Gasteiger partial charge is 0.303 e. The molecule has 19 heavy (non-hydrogen) atoms. The van der Waals surface area contributed by atoms with E-state index in [0.717, 1.165) is 5.75 Å². The Balaban J connectivity index is 1.85. The zero-order chi connectivity index (χ0) is 13.7. The van der Waals surface area contributed by atoms with Gasteiger partial charge in [0, 0.05) is 12.7 Å². The van der Waals surface area contributed by atoms with Crippen molar-refractivity contribution in [1.82, 2.24) is 0 Å². The van der Waals surface area contributed by atoms with E-state index < -0.39 is 0 Å². The summed E-state index contributed by atoms with van der Waals surface area (Å²) in [5, 5.41) is 0. The molecule has 0 saturated heterocycles. The second-order valence-corrected chi connectivity index (χ2v) is 5.55. The molecule has 0 spiro atoms. The number of benzene rings is 1. The minimum Gasteiger partial charge on any atom is -0.456 e. The first-order chi connectivity index (χ1) is 9.15. The third-order valence-corrected chi connectivity index (χ3v) is 3.93. The van der Waals surface area contributed by atoms with E-state index in [4.69, 9.17) is 9.47 Å². The second-order valence-electron chi connectivity index (χ2n) is 4.47. The van der Waals surface area contributed by atoms with Gasteiger partial charge in [-0.1, -0.05) is 30.3 Å². The second kappa shape index (κ2) is 6.78. The van der Waals surface area contributed by atoms with Crippen molar-refractivity contribution in [2.75, 3.05) is 0 Å². The lowest BCUT2D eigenvalue weighted by Crippen LogP contribution is -2.34. The highest BCUT2D eigenvalue weighted by Crippen LogP contribution is 2.26. The van der Waals surface area contributed by atoms with Gasteiger partial charge in [0.1, 0.15) is 11.5 Å². The molecule has 0 radical (unpaired) electrons. The first-order valence-corrected chi connectivity index (χ1v) is 7.36. The molecule has 0 aromatic heterocycles. The maximum absolute atomic E-state index is 10.9. The molecule has 0 saturated carbocycles. The summed E-state index contributed by atoms with van der Waals surface area (Å²) in [5.41, 5.74) is 1.29. The highest BCUT2D eigenvalue weighted by Gasteiger charge is 2.25. The number of thioether (sulfide) groups is 1. The van der Waals surface area contributed by atoms with E-state index in [-0.39, 0.29) is 23.6 Å². The van der Waals surface area contributed by atoms with E-state index in [1.807, 2.05) is 37.3 Å². The summed E-state index contributed by atoms with van der Waals surface area (Å²) in [6.45, 7) is 3.34. The van der Waals surface area contributed by atoms with Gasteiger partial charge in [-0.05, 0) is 24.6 Å². The Labute approximate surface area is 118 Å². The zero-order valence-corrected chi connectivity index (χ0v) is 11.9. The fraction of sp³-hybridized carbons (Fsp3) is 0.400. The Bertz CT molecular complexity index is 444. The minimum absolute atomic E-state index is 0.0158. The quantitative estimate of drug-likeness (QED) is 0.626. The van der Waals surface area contributed by atoms with Gasteiger partial charge in [0.2, 0.25) is 0 Å². The number of carbonyl (C=O) groups excluding carboxylic acids is 1. The van der Waals surface area contributed by atoms with Crippen molar-refractivity contribution in [1.29, 1.82) is 0 Å². The van der Waals surface area contributed by atoms with Gasteiger partial charge < -0.3 is 9.47 Å². The zero-order valence-electron chi connectivity index (χ0n) is 11.1. The molecule has 3 nitrogen and oxygen atoms in total. The van der Waals surface area contributed by atoms with Gasteiger partial charge in [0.25, 0.3) is 0 Å². The first-order valence-electron chi connectivity index (χ1n) is 6.31. The van der Waals surface area contributed by atoms with Crippen LogP contribution in [-0.4, -0.2) is 23.6 Å². The Morgan fingerprint density at radius 3 is 2.68 bits per heavy atom. The van der Waals surface area contributed by atoms with Gasteiger partial charge in [-0.3, -0.25) is 4.79 Å². The molecule has 1 aromatic carbocycles. The first kappa shape index (κ1) is 14.2. The summed E-state index contributed by atoms with van der Waals surface area (Å²) >= 11 is 1.73. The number of hydrogen-bond acceptors (Lipinski definition) is 4. The Morgan fingerprint density at radius 1 is 1.32 bits per heavy atom. The van der Waals surface area contributed by atoms with Crippen LogP contribution in [0.4, 0.5) is 0 Å². The molecule has 0 amide bonds. The maximum Gasteiger partial charge on any atom is 0.303 e. The molecule has 4 heteroatoms. The molecular formula is C15H18O3S. The summed E-state index contributed by atoms with van der Waals surface area (Å²) in [7, 11) is 0. The van der Waals surface area contributed by atoms with E-state index in [0.29, 0.717) is 0 Å². The molecule has 0 fully saturated rings. The molecule has 0 N–H and O–H groups in total. The molecule has 3 atom stereocenters. The molecule has 1 aromatic rings. The number of carbonyl (C=O) groups is 1. The molecular weight excluding hydrogens is 260 g/mol. The number of hydrogen-bond donors (Lipinski definition) is 0. The van der Waals surface area contributed by atoms with Crippen molar-refractivity contribution >= 4 is 17.7 Å². The highest BCUT2D eigenvalue weighted by molar-refractivity contribution is 7.99. The van der Waals surface area contributed by atoms with Crippen LogP contribution < -0.4 is 0 Å². The van der Waals surface area contributed by atoms with Gasteiger partial charge in [-0.2, -0.15) is 0 Å². The van der Waals surface area contributed by atoms with Crippen LogP contribution in [0.1, 0.15) is 19.4 Å². The van der Waals surface area contributed by atoms with Gasteiger partial charge in [0.05, 0.1) is 6.10 Å². The average Bonchev–Trinajstić information content (AvgIpc) is 2.40. The average molecular weight is 278 g/mol. The van der Waals surface area contributed by atoms with E-state index in [2.05, 4.69) is 12.1 Å². The summed E-state index contributed by atoms with van der Waals surface area (Å²) < 4.78 is 11.0. The molecule has 102 valence electrons. The predicted octanol–water partition coefficient (Wildman–Crippen LogP) is 3.15. The number of rotatable bonds is 4. The normalized spacial score (nSPS) is 26.1. The molecule has 1 aliphatic heterocycles. The van der Waals surface area contributed by atoms with Crippen LogP contribution in [-0.2, 0) is 20.0 Å². The van der Waals surface area contributed by atoms with E-state index >= 15 is 0 Å². The fourth-order valence-corrected chi connectivity index (χ4v) is 2.87. The Kier molecular flexibility index (Phi) is 5.05. The van der Waals surface area contributed by atoms with Crippen LogP contribution in [0.5, 0.6) is 0 Å². The lowest BCUT2D eigenvalue weighted by Gasteiger charge is -2.29. The highest BCUT2D eigenvalue weighted by atomic mass is 32.2. The molecule has 0 bridgehead atoms. The summed E-state index contributed by atoms with van der Waals surface area (Å²) in [6.07, 6.45) is 3.49. The van der Waals surface area contributed by atoms with Gasteiger partial charge in [-0.25, -0.2) is 0 Å². The lowest BCUT2D eigenvalue weighted by atomic mass is 10.2. The molecule has 0 unspecified atom stereocenters. The molecule has 1 heterocycles. The summed E-state index contributed by atoms with van der Waals surface area (Å²) in [5.74, 6) is 0.626. The monoisotopic (exact) mass is 278 g/mol. The van der Waals surface area contributed by atoms with Crippen LogP contribution >= 0.6 is 11.8 Å². The van der Waals surface area contributed by atoms with Crippen LogP contribution in [0.25, 0.3) is 0 Å². The van der Waals surface area contributed by atoms with Crippen LogP contribution in [0.15, 0.2) is 42.5 Å². The SMILES string of the molecule is CC(=O)O[C@@H]1C=C[C@@H](SCc2ccccc2)O[C@H]1C. The van der Waals surface area contributed by atoms with Crippen LogP contribution in [0.3, 0.4) is 0 Å². The van der Waals surface area contributed by atoms with E-state index in [1.54, 1.807) is 11.8 Å². The topological polar surface area (TPSA) is 35.5 Å². The Morgan fingerprint density at radius 2 is 2.05 bits per heavy atom. The van der Waals surface area contributed by atoms with Gasteiger partial charge in [0.15, 0.2) is 0 Å². The number of ether oxygens (including phenoxy) is 2. The number of esters is 1. The largest absolute Gasteiger partial charge is 0.456 e. The third-order valence-electron chi connectivity index (χ3n) is 2.83.